The summed E-state index contributed by atoms with van der Waals surface area (Å²) in [6.07, 6.45) is 1.46. The van der Waals surface area contributed by atoms with Crippen LogP contribution in [-0.4, -0.2) is 34.3 Å². The third-order valence-electron chi connectivity index (χ3n) is 3.71. The molecule has 25 heavy (non-hydrogen) atoms. The lowest BCUT2D eigenvalue weighted by molar-refractivity contribution is 0.0596. The number of hydrogen-bond acceptors (Lipinski definition) is 5. The molecule has 0 aliphatic rings. The van der Waals surface area contributed by atoms with Crippen LogP contribution in [0.3, 0.4) is 0 Å². The molecule has 0 aliphatic carbocycles. The fourth-order valence-electron chi connectivity index (χ4n) is 2.41. The zero-order valence-electron chi connectivity index (χ0n) is 13.7. The maximum Gasteiger partial charge on any atom is 0.359 e. The largest absolute Gasteiger partial charge is 0.464 e. The highest BCUT2D eigenvalue weighted by Crippen LogP contribution is 2.18. The van der Waals surface area contributed by atoms with E-state index in [0.717, 1.165) is 5.56 Å². The van der Waals surface area contributed by atoms with Gasteiger partial charge < -0.3 is 10.1 Å². The number of urea groups is 1. The Morgan fingerprint density at radius 3 is 2.72 bits per heavy atom. The molecule has 128 valence electrons. The van der Waals surface area contributed by atoms with Crippen LogP contribution in [0.5, 0.6) is 0 Å². The van der Waals surface area contributed by atoms with E-state index in [1.807, 2.05) is 37.3 Å². The van der Waals surface area contributed by atoms with Crippen LogP contribution in [0.2, 0.25) is 0 Å². The number of nitrogens with one attached hydrogen (secondary N) is 3. The number of fused-ring (bicyclic) bond motifs is 1. The van der Waals surface area contributed by atoms with Gasteiger partial charge in [0.25, 0.3) is 0 Å². The SMILES string of the molecule is COC(=O)c1n[nH]c2cc(NC(=O)N[C@H](C)c3ccccc3)ncc12. The summed E-state index contributed by atoms with van der Waals surface area (Å²) in [6.45, 7) is 1.89. The lowest BCUT2D eigenvalue weighted by atomic mass is 10.1. The molecule has 0 saturated carbocycles. The van der Waals surface area contributed by atoms with Crippen molar-refractivity contribution in [2.24, 2.45) is 0 Å². The molecule has 8 heteroatoms. The number of aromatic nitrogens is 3. The minimum Gasteiger partial charge on any atom is -0.464 e. The third-order valence-corrected chi connectivity index (χ3v) is 3.71. The van der Waals surface area contributed by atoms with E-state index >= 15 is 0 Å². The monoisotopic (exact) mass is 339 g/mol. The summed E-state index contributed by atoms with van der Waals surface area (Å²) >= 11 is 0. The number of esters is 1. The highest BCUT2D eigenvalue weighted by Gasteiger charge is 2.16. The van der Waals surface area contributed by atoms with Crippen molar-refractivity contribution < 1.29 is 14.3 Å². The summed E-state index contributed by atoms with van der Waals surface area (Å²) < 4.78 is 4.65. The van der Waals surface area contributed by atoms with Crippen molar-refractivity contribution in [3.05, 3.63) is 53.9 Å². The number of H-pyrrole nitrogens is 1. The van der Waals surface area contributed by atoms with E-state index in [2.05, 4.69) is 30.6 Å². The molecule has 2 aromatic heterocycles. The molecule has 3 aromatic rings. The summed E-state index contributed by atoms with van der Waals surface area (Å²) in [5.41, 5.74) is 1.72. The van der Waals surface area contributed by atoms with Crippen LogP contribution in [0.4, 0.5) is 10.6 Å². The molecule has 1 atom stereocenters. The number of ether oxygens (including phenoxy) is 1. The van der Waals surface area contributed by atoms with Crippen LogP contribution < -0.4 is 10.6 Å². The molecule has 0 spiro atoms. The maximum atomic E-state index is 12.1. The van der Waals surface area contributed by atoms with Gasteiger partial charge in [0.1, 0.15) is 5.82 Å². The second kappa shape index (κ2) is 7.00. The van der Waals surface area contributed by atoms with E-state index < -0.39 is 5.97 Å². The van der Waals surface area contributed by atoms with E-state index in [4.69, 9.17) is 0 Å². The minimum absolute atomic E-state index is 0.150. The molecule has 0 radical (unpaired) electrons. The summed E-state index contributed by atoms with van der Waals surface area (Å²) in [7, 11) is 1.28. The lowest BCUT2D eigenvalue weighted by Crippen LogP contribution is -2.31. The van der Waals surface area contributed by atoms with E-state index in [1.54, 1.807) is 6.07 Å². The van der Waals surface area contributed by atoms with Gasteiger partial charge in [0.2, 0.25) is 0 Å². The first kappa shape index (κ1) is 16.4. The van der Waals surface area contributed by atoms with Gasteiger partial charge in [0.15, 0.2) is 5.69 Å². The maximum absolute atomic E-state index is 12.1. The van der Waals surface area contributed by atoms with Crippen LogP contribution in [-0.2, 0) is 4.74 Å². The molecule has 2 amide bonds. The number of aromatic amines is 1. The van der Waals surface area contributed by atoms with Crippen molar-refractivity contribution >= 4 is 28.7 Å². The number of carbonyl (C=O) groups excluding carboxylic acids is 2. The van der Waals surface area contributed by atoms with E-state index in [0.29, 0.717) is 16.7 Å². The van der Waals surface area contributed by atoms with Crippen molar-refractivity contribution in [2.75, 3.05) is 12.4 Å². The first-order valence-corrected chi connectivity index (χ1v) is 7.63. The fraction of sp³-hybridized carbons (Fsp3) is 0.176. The van der Waals surface area contributed by atoms with Crippen LogP contribution in [0, 0.1) is 0 Å². The van der Waals surface area contributed by atoms with Gasteiger partial charge in [-0.05, 0) is 12.5 Å². The summed E-state index contributed by atoms with van der Waals surface area (Å²) in [6, 6.07) is 10.7. The van der Waals surface area contributed by atoms with Gasteiger partial charge in [-0.15, -0.1) is 0 Å². The van der Waals surface area contributed by atoms with E-state index in [9.17, 15) is 9.59 Å². The molecule has 0 aliphatic heterocycles. The van der Waals surface area contributed by atoms with Gasteiger partial charge in [0, 0.05) is 12.3 Å². The van der Waals surface area contributed by atoms with Crippen LogP contribution in [0.15, 0.2) is 42.6 Å². The Balaban J connectivity index is 1.70. The van der Waals surface area contributed by atoms with Gasteiger partial charge in [0.05, 0.1) is 24.1 Å². The molecule has 1 aromatic carbocycles. The molecular formula is C17H17N5O3. The number of nitrogens with zero attached hydrogens (tertiary/aromatic N) is 2. The van der Waals surface area contributed by atoms with Crippen molar-refractivity contribution in [3.63, 3.8) is 0 Å². The standard InChI is InChI=1S/C17H17N5O3/c1-10(11-6-4-3-5-7-11)19-17(24)20-14-8-13-12(9-18-14)15(22-21-13)16(23)25-2/h3-10H,1-2H3,(H,21,22)(H2,18,19,20,24)/t10-/m1/s1. The number of amides is 2. The number of methoxy groups -OCH3 is 1. The van der Waals surface area contributed by atoms with Crippen LogP contribution >= 0.6 is 0 Å². The Morgan fingerprint density at radius 2 is 2.00 bits per heavy atom. The number of benzene rings is 1. The number of rotatable bonds is 4. The second-order valence-corrected chi connectivity index (χ2v) is 5.41. The zero-order chi connectivity index (χ0) is 17.8. The Hall–Kier alpha value is -3.42. The Morgan fingerprint density at radius 1 is 1.24 bits per heavy atom. The molecule has 3 N–H and O–H groups in total. The first-order valence-electron chi connectivity index (χ1n) is 7.63. The van der Waals surface area contributed by atoms with Crippen LogP contribution in [0.25, 0.3) is 10.9 Å². The molecule has 8 nitrogen and oxygen atoms in total. The highest BCUT2D eigenvalue weighted by atomic mass is 16.5. The van der Waals surface area contributed by atoms with Crippen molar-refractivity contribution in [1.29, 1.82) is 0 Å². The number of carbonyl (C=O) groups is 2. The average Bonchev–Trinajstić information content (AvgIpc) is 3.04. The van der Waals surface area contributed by atoms with Gasteiger partial charge in [-0.3, -0.25) is 10.4 Å². The van der Waals surface area contributed by atoms with E-state index in [-0.39, 0.29) is 17.8 Å². The zero-order valence-corrected chi connectivity index (χ0v) is 13.7. The van der Waals surface area contributed by atoms with Gasteiger partial charge in [-0.2, -0.15) is 5.10 Å². The molecule has 2 heterocycles. The number of anilines is 1. The quantitative estimate of drug-likeness (QED) is 0.633. The van der Waals surface area contributed by atoms with Crippen LogP contribution in [0.1, 0.15) is 29.0 Å². The topological polar surface area (TPSA) is 109 Å². The molecule has 0 unspecified atom stereocenters. The molecular weight excluding hydrogens is 322 g/mol. The number of hydrogen-bond donors (Lipinski definition) is 3. The summed E-state index contributed by atoms with van der Waals surface area (Å²) in [4.78, 5) is 27.9. The highest BCUT2D eigenvalue weighted by molar-refractivity contribution is 6.02. The molecule has 0 fully saturated rings. The summed E-state index contributed by atoms with van der Waals surface area (Å²) in [5, 5.41) is 12.6. The average molecular weight is 339 g/mol. The predicted molar refractivity (Wildman–Crippen MR) is 92.2 cm³/mol. The Labute approximate surface area is 143 Å². The van der Waals surface area contributed by atoms with Gasteiger partial charge in [-0.1, -0.05) is 30.3 Å². The summed E-state index contributed by atoms with van der Waals surface area (Å²) in [5.74, 6) is -0.214. The molecule has 0 saturated heterocycles. The fourth-order valence-corrected chi connectivity index (χ4v) is 2.41. The first-order chi connectivity index (χ1) is 12.1. The van der Waals surface area contributed by atoms with Crippen molar-refractivity contribution in [1.82, 2.24) is 20.5 Å². The predicted octanol–water partition coefficient (Wildman–Crippen LogP) is 2.63. The lowest BCUT2D eigenvalue weighted by Gasteiger charge is -2.14. The van der Waals surface area contributed by atoms with E-state index in [1.165, 1.54) is 13.3 Å². The minimum atomic E-state index is -0.553. The second-order valence-electron chi connectivity index (χ2n) is 5.41. The Kier molecular flexibility index (Phi) is 4.60. The number of pyridine rings is 1. The Bertz CT molecular complexity index is 907. The van der Waals surface area contributed by atoms with Crippen molar-refractivity contribution in [3.8, 4) is 0 Å². The normalized spacial score (nSPS) is 11.8. The third kappa shape index (κ3) is 3.57. The van der Waals surface area contributed by atoms with Gasteiger partial charge in [-0.25, -0.2) is 14.6 Å². The molecule has 0 bridgehead atoms. The smallest absolute Gasteiger partial charge is 0.359 e. The molecule has 3 rings (SSSR count). The van der Waals surface area contributed by atoms with Gasteiger partial charge >= 0.3 is 12.0 Å². The van der Waals surface area contributed by atoms with Crippen molar-refractivity contribution in [2.45, 2.75) is 13.0 Å².